The lowest BCUT2D eigenvalue weighted by atomic mass is 9.46. The molecule has 4 atom stereocenters. The number of hydrogen-bond donors (Lipinski definition) is 0. The summed E-state index contributed by atoms with van der Waals surface area (Å²) < 4.78 is 12.3. The Morgan fingerprint density at radius 3 is 2.65 bits per heavy atom. The van der Waals surface area contributed by atoms with Gasteiger partial charge in [-0.15, -0.1) is 5.92 Å². The zero-order chi connectivity index (χ0) is 16.1. The minimum Gasteiger partial charge on any atom is -0.347 e. The van der Waals surface area contributed by atoms with E-state index >= 15 is 0 Å². The van der Waals surface area contributed by atoms with Crippen molar-refractivity contribution >= 4 is 0 Å². The third-order valence-electron chi connectivity index (χ3n) is 7.42. The Morgan fingerprint density at radius 1 is 1.13 bits per heavy atom. The minimum absolute atomic E-state index is 0.167. The molecule has 0 amide bonds. The van der Waals surface area contributed by atoms with Crippen LogP contribution in [0.5, 0.6) is 0 Å². The molecule has 3 fully saturated rings. The van der Waals surface area contributed by atoms with E-state index in [2.05, 4.69) is 31.8 Å². The van der Waals surface area contributed by atoms with Crippen LogP contribution in [-0.2, 0) is 9.47 Å². The Morgan fingerprint density at radius 2 is 1.91 bits per heavy atom. The first-order valence-electron chi connectivity index (χ1n) is 9.49. The molecule has 1 spiro atoms. The molecule has 23 heavy (non-hydrogen) atoms. The third kappa shape index (κ3) is 2.09. The number of allylic oxidation sites excluding steroid dienone is 2. The van der Waals surface area contributed by atoms with Crippen LogP contribution in [-0.4, -0.2) is 19.0 Å². The topological polar surface area (TPSA) is 18.5 Å². The van der Waals surface area contributed by atoms with Gasteiger partial charge in [-0.1, -0.05) is 25.8 Å². The molecule has 1 saturated heterocycles. The van der Waals surface area contributed by atoms with Crippen molar-refractivity contribution in [1.82, 2.24) is 0 Å². The lowest BCUT2D eigenvalue weighted by Gasteiger charge is -2.60. The Balaban J connectivity index is 1.73. The van der Waals surface area contributed by atoms with Crippen LogP contribution in [0.4, 0.5) is 0 Å². The van der Waals surface area contributed by atoms with Crippen molar-refractivity contribution in [3.63, 3.8) is 0 Å². The SMILES string of the molecule is CC#C[C@]12CCCC=C1C1(C)CCC3(OCCO3)C(C)[C@@H]1CC2. The van der Waals surface area contributed by atoms with Crippen LogP contribution in [0.25, 0.3) is 0 Å². The van der Waals surface area contributed by atoms with Crippen molar-refractivity contribution in [2.75, 3.05) is 13.2 Å². The molecule has 2 saturated carbocycles. The average molecular weight is 314 g/mol. The Hall–Kier alpha value is -0.780. The van der Waals surface area contributed by atoms with Gasteiger partial charge in [-0.05, 0) is 62.4 Å². The predicted octanol–water partition coefficient (Wildman–Crippen LogP) is 4.70. The summed E-state index contributed by atoms with van der Waals surface area (Å²) >= 11 is 0. The summed E-state index contributed by atoms with van der Waals surface area (Å²) in [5.41, 5.74) is 2.11. The molecule has 0 N–H and O–H groups in total. The summed E-state index contributed by atoms with van der Waals surface area (Å²) in [5.74, 6) is 7.75. The van der Waals surface area contributed by atoms with Gasteiger partial charge in [-0.3, -0.25) is 0 Å². The minimum atomic E-state index is -0.296. The number of rotatable bonds is 0. The fraction of sp³-hybridized carbons (Fsp3) is 0.810. The van der Waals surface area contributed by atoms with E-state index in [1.54, 1.807) is 5.57 Å². The van der Waals surface area contributed by atoms with Crippen molar-refractivity contribution in [2.45, 2.75) is 71.5 Å². The molecule has 126 valence electrons. The van der Waals surface area contributed by atoms with Gasteiger partial charge < -0.3 is 9.47 Å². The van der Waals surface area contributed by atoms with Crippen LogP contribution in [0.15, 0.2) is 11.6 Å². The number of ether oxygens (including phenoxy) is 2. The van der Waals surface area contributed by atoms with Gasteiger partial charge in [0, 0.05) is 12.3 Å². The van der Waals surface area contributed by atoms with Crippen LogP contribution >= 0.6 is 0 Å². The van der Waals surface area contributed by atoms with E-state index in [4.69, 9.17) is 9.47 Å². The molecule has 0 aromatic heterocycles. The van der Waals surface area contributed by atoms with Crippen LogP contribution in [0.1, 0.15) is 65.7 Å². The standard InChI is InChI=1S/C21H30O2/c1-4-9-20-10-6-5-7-18(20)19(3)12-13-21(22-14-15-23-21)16(2)17(19)8-11-20/h7,16-17H,5-6,8,10-15H2,1-3H3/t16?,17-,19?,20+/m0/s1. The van der Waals surface area contributed by atoms with Crippen molar-refractivity contribution in [3.8, 4) is 11.8 Å². The van der Waals surface area contributed by atoms with Crippen molar-refractivity contribution in [1.29, 1.82) is 0 Å². The second-order valence-electron chi connectivity index (χ2n) is 8.33. The average Bonchev–Trinajstić information content (AvgIpc) is 3.02. The molecule has 1 heterocycles. The molecule has 0 aromatic carbocycles. The highest BCUT2D eigenvalue weighted by atomic mass is 16.7. The number of hydrogen-bond acceptors (Lipinski definition) is 2. The zero-order valence-corrected chi connectivity index (χ0v) is 14.9. The summed E-state index contributed by atoms with van der Waals surface area (Å²) in [4.78, 5) is 0. The molecule has 4 aliphatic rings. The van der Waals surface area contributed by atoms with E-state index < -0.39 is 0 Å². The summed E-state index contributed by atoms with van der Waals surface area (Å²) in [6.45, 7) is 8.42. The lowest BCUT2D eigenvalue weighted by Crippen LogP contribution is -2.56. The van der Waals surface area contributed by atoms with E-state index in [9.17, 15) is 0 Å². The molecule has 0 radical (unpaired) electrons. The van der Waals surface area contributed by atoms with Gasteiger partial charge in [0.1, 0.15) is 0 Å². The van der Waals surface area contributed by atoms with Crippen LogP contribution in [0.2, 0.25) is 0 Å². The molecular weight excluding hydrogens is 284 g/mol. The first-order chi connectivity index (χ1) is 11.1. The predicted molar refractivity (Wildman–Crippen MR) is 91.7 cm³/mol. The van der Waals surface area contributed by atoms with E-state index in [-0.39, 0.29) is 16.6 Å². The summed E-state index contributed by atoms with van der Waals surface area (Å²) in [6, 6.07) is 0. The van der Waals surface area contributed by atoms with Crippen LogP contribution in [0, 0.1) is 34.5 Å². The first-order valence-corrected chi connectivity index (χ1v) is 9.49. The van der Waals surface area contributed by atoms with E-state index in [1.165, 1.54) is 38.5 Å². The van der Waals surface area contributed by atoms with Gasteiger partial charge in [0.15, 0.2) is 5.79 Å². The highest BCUT2D eigenvalue weighted by Gasteiger charge is 2.60. The smallest absolute Gasteiger partial charge is 0.171 e. The second-order valence-corrected chi connectivity index (χ2v) is 8.33. The van der Waals surface area contributed by atoms with Gasteiger partial charge in [0.2, 0.25) is 0 Å². The first kappa shape index (κ1) is 15.7. The maximum atomic E-state index is 6.13. The van der Waals surface area contributed by atoms with Crippen molar-refractivity contribution < 1.29 is 9.47 Å². The molecule has 0 aromatic rings. The summed E-state index contributed by atoms with van der Waals surface area (Å²) in [5, 5.41) is 0. The van der Waals surface area contributed by atoms with Crippen molar-refractivity contribution in [3.05, 3.63) is 11.6 Å². The summed E-state index contributed by atoms with van der Waals surface area (Å²) in [7, 11) is 0. The highest BCUT2D eigenvalue weighted by molar-refractivity contribution is 5.38. The van der Waals surface area contributed by atoms with Gasteiger partial charge in [-0.2, -0.15) is 0 Å². The van der Waals surface area contributed by atoms with Gasteiger partial charge in [0.25, 0.3) is 0 Å². The molecule has 2 heteroatoms. The molecule has 3 aliphatic carbocycles. The maximum absolute atomic E-state index is 6.13. The quantitative estimate of drug-likeness (QED) is 0.477. The molecule has 2 nitrogen and oxygen atoms in total. The molecule has 1 aliphatic heterocycles. The van der Waals surface area contributed by atoms with Gasteiger partial charge in [0.05, 0.1) is 18.6 Å². The van der Waals surface area contributed by atoms with Gasteiger partial charge in [-0.25, -0.2) is 0 Å². The molecule has 0 bridgehead atoms. The van der Waals surface area contributed by atoms with Crippen molar-refractivity contribution in [2.24, 2.45) is 22.7 Å². The maximum Gasteiger partial charge on any atom is 0.171 e. The van der Waals surface area contributed by atoms with Crippen LogP contribution in [0.3, 0.4) is 0 Å². The fourth-order valence-corrected chi connectivity index (χ4v) is 6.34. The monoisotopic (exact) mass is 314 g/mol. The normalized spacial score (nSPS) is 44.7. The van der Waals surface area contributed by atoms with E-state index in [0.717, 1.165) is 19.6 Å². The highest BCUT2D eigenvalue weighted by Crippen LogP contribution is 2.65. The van der Waals surface area contributed by atoms with Crippen LogP contribution < -0.4 is 0 Å². The summed E-state index contributed by atoms with van der Waals surface area (Å²) in [6.07, 6.45) is 11.0. The van der Waals surface area contributed by atoms with E-state index in [1.807, 2.05) is 6.92 Å². The molecular formula is C21H30O2. The lowest BCUT2D eigenvalue weighted by molar-refractivity contribution is -0.243. The van der Waals surface area contributed by atoms with Gasteiger partial charge >= 0.3 is 0 Å². The Kier molecular flexibility index (Phi) is 3.67. The number of fused-ring (bicyclic) bond motifs is 3. The zero-order valence-electron chi connectivity index (χ0n) is 14.9. The Bertz CT molecular complexity index is 574. The second kappa shape index (κ2) is 5.36. The fourth-order valence-electron chi connectivity index (χ4n) is 6.34. The Labute approximate surface area is 141 Å². The molecule has 4 rings (SSSR count). The molecule has 2 unspecified atom stereocenters. The van der Waals surface area contributed by atoms with E-state index in [0.29, 0.717) is 11.8 Å². The largest absolute Gasteiger partial charge is 0.347 e. The third-order valence-corrected chi connectivity index (χ3v) is 7.42.